The van der Waals surface area contributed by atoms with Crippen LogP contribution in [-0.4, -0.2) is 25.8 Å². The van der Waals surface area contributed by atoms with Gasteiger partial charge in [-0.1, -0.05) is 19.2 Å². The fourth-order valence-electron chi connectivity index (χ4n) is 0.619. The smallest absolute Gasteiger partial charge is 0.333 e. The van der Waals surface area contributed by atoms with E-state index in [-0.39, 0.29) is 6.61 Å². The maximum Gasteiger partial charge on any atom is 0.333 e. The van der Waals surface area contributed by atoms with E-state index < -0.39 is 5.97 Å². The zero-order valence-corrected chi connectivity index (χ0v) is 8.54. The van der Waals surface area contributed by atoms with E-state index in [4.69, 9.17) is 9.47 Å². The lowest BCUT2D eigenvalue weighted by molar-refractivity contribution is -0.138. The normalized spacial score (nSPS) is 9.21. The van der Waals surface area contributed by atoms with Crippen molar-refractivity contribution in [1.29, 1.82) is 0 Å². The topological polar surface area (TPSA) is 35.5 Å². The molecule has 0 aliphatic carbocycles. The summed E-state index contributed by atoms with van der Waals surface area (Å²) in [5, 5.41) is 0. The third-order valence-corrected chi connectivity index (χ3v) is 1.30. The van der Waals surface area contributed by atoms with Gasteiger partial charge in [0.2, 0.25) is 0 Å². The Morgan fingerprint density at radius 3 is 2.50 bits per heavy atom. The zero-order valence-electron chi connectivity index (χ0n) is 8.54. The highest BCUT2D eigenvalue weighted by Crippen LogP contribution is 1.97. The van der Waals surface area contributed by atoms with Crippen LogP contribution < -0.4 is 0 Å². The lowest BCUT2D eigenvalue weighted by Crippen LogP contribution is -2.10. The minimum absolute atomic E-state index is 0.169. The fourth-order valence-corrected chi connectivity index (χ4v) is 0.619. The van der Waals surface area contributed by atoms with Crippen LogP contribution in [0.3, 0.4) is 0 Å². The number of rotatable bonds is 7. The quantitative estimate of drug-likeness (QED) is 0.270. The molecule has 0 heterocycles. The number of esters is 1. The predicted molar refractivity (Wildman–Crippen MR) is 55.9 cm³/mol. The number of hydrogen-bond donors (Lipinski definition) is 0. The molecule has 0 N–H and O–H groups in total. The van der Waals surface area contributed by atoms with Gasteiger partial charge in [0.05, 0.1) is 13.2 Å². The van der Waals surface area contributed by atoms with Crippen LogP contribution in [0.5, 0.6) is 0 Å². The lowest BCUT2D eigenvalue weighted by atomic mass is 10.3. The van der Waals surface area contributed by atoms with Crippen molar-refractivity contribution >= 4 is 5.97 Å². The van der Waals surface area contributed by atoms with Gasteiger partial charge in [-0.2, -0.15) is 0 Å². The second-order valence-electron chi connectivity index (χ2n) is 2.91. The molecule has 14 heavy (non-hydrogen) atoms. The molecule has 0 aromatic heterocycles. The molecule has 0 amide bonds. The van der Waals surface area contributed by atoms with Crippen molar-refractivity contribution in [3.05, 3.63) is 37.0 Å². The van der Waals surface area contributed by atoms with Crippen molar-refractivity contribution in [3.63, 3.8) is 0 Å². The molecular formula is C11H16O3. The molecule has 0 atom stereocenters. The molecule has 0 unspecified atom stereocenters. The van der Waals surface area contributed by atoms with Gasteiger partial charge in [-0.3, -0.25) is 0 Å². The van der Waals surface area contributed by atoms with E-state index >= 15 is 0 Å². The van der Waals surface area contributed by atoms with Crippen LogP contribution >= 0.6 is 0 Å². The Kier molecular flexibility index (Phi) is 6.41. The van der Waals surface area contributed by atoms with Crippen LogP contribution in [-0.2, 0) is 14.3 Å². The van der Waals surface area contributed by atoms with E-state index in [1.54, 1.807) is 13.0 Å². The minimum atomic E-state index is -0.408. The number of carbonyl (C=O) groups excluding carboxylic acids is 1. The highest BCUT2D eigenvalue weighted by Gasteiger charge is 2.03. The maximum atomic E-state index is 11.0. The third kappa shape index (κ3) is 6.20. The molecule has 0 saturated carbocycles. The van der Waals surface area contributed by atoms with Crippen LogP contribution in [0.2, 0.25) is 0 Å². The van der Waals surface area contributed by atoms with Gasteiger partial charge in [0.1, 0.15) is 6.61 Å². The summed E-state index contributed by atoms with van der Waals surface area (Å²) in [4.78, 5) is 11.0. The Hall–Kier alpha value is -1.35. The zero-order chi connectivity index (χ0) is 11.0. The van der Waals surface area contributed by atoms with Gasteiger partial charge in [-0.15, -0.1) is 6.58 Å². The summed E-state index contributed by atoms with van der Waals surface area (Å²) < 4.78 is 9.96. The molecular weight excluding hydrogens is 180 g/mol. The first-order chi connectivity index (χ1) is 6.57. The first-order valence-electron chi connectivity index (χ1n) is 4.25. The molecule has 0 saturated heterocycles. The van der Waals surface area contributed by atoms with Crippen LogP contribution in [0.15, 0.2) is 37.0 Å². The number of carbonyl (C=O) groups is 1. The first kappa shape index (κ1) is 12.7. The van der Waals surface area contributed by atoms with E-state index in [1.165, 1.54) is 0 Å². The number of ether oxygens (including phenoxy) is 2. The summed E-state index contributed by atoms with van der Waals surface area (Å²) in [5.41, 5.74) is 1.09. The van der Waals surface area contributed by atoms with E-state index in [0.717, 1.165) is 0 Å². The SMILES string of the molecule is C=CCOCC(=C)COC(=O)C(=C)C. The molecule has 0 spiro atoms. The van der Waals surface area contributed by atoms with Crippen molar-refractivity contribution in [2.45, 2.75) is 6.92 Å². The second-order valence-corrected chi connectivity index (χ2v) is 2.91. The van der Waals surface area contributed by atoms with Crippen LogP contribution in [0.4, 0.5) is 0 Å². The van der Waals surface area contributed by atoms with Crippen molar-refractivity contribution in [2.75, 3.05) is 19.8 Å². The molecule has 78 valence electrons. The molecule has 3 nitrogen and oxygen atoms in total. The molecule has 0 radical (unpaired) electrons. The standard InChI is InChI=1S/C11H16O3/c1-5-6-13-7-10(4)8-14-11(12)9(2)3/h5H,1-2,4,6-8H2,3H3. The monoisotopic (exact) mass is 196 g/mol. The Morgan fingerprint density at radius 1 is 1.36 bits per heavy atom. The molecule has 0 fully saturated rings. The van der Waals surface area contributed by atoms with Crippen molar-refractivity contribution in [2.24, 2.45) is 0 Å². The summed E-state index contributed by atoms with van der Waals surface area (Å²) >= 11 is 0. The van der Waals surface area contributed by atoms with Gasteiger partial charge in [-0.25, -0.2) is 4.79 Å². The largest absolute Gasteiger partial charge is 0.458 e. The Bertz CT molecular complexity index is 241. The van der Waals surface area contributed by atoms with E-state index in [2.05, 4.69) is 19.7 Å². The van der Waals surface area contributed by atoms with Gasteiger partial charge >= 0.3 is 5.97 Å². The third-order valence-electron chi connectivity index (χ3n) is 1.30. The molecule has 0 aromatic rings. The summed E-state index contributed by atoms with van der Waals surface area (Å²) in [6, 6.07) is 0. The predicted octanol–water partition coefficient (Wildman–Crippen LogP) is 1.86. The molecule has 0 aliphatic rings. The van der Waals surface area contributed by atoms with Gasteiger partial charge in [-0.05, 0) is 12.5 Å². The molecule has 0 aromatic carbocycles. The number of hydrogen-bond acceptors (Lipinski definition) is 3. The first-order valence-corrected chi connectivity index (χ1v) is 4.25. The second kappa shape index (κ2) is 7.09. The summed E-state index contributed by atoms with van der Waals surface area (Å²) in [6.45, 7) is 13.3. The summed E-state index contributed by atoms with van der Waals surface area (Å²) in [7, 11) is 0. The Labute approximate surface area is 84.7 Å². The minimum Gasteiger partial charge on any atom is -0.458 e. The van der Waals surface area contributed by atoms with Crippen LogP contribution in [0.25, 0.3) is 0 Å². The molecule has 3 heteroatoms. The molecule has 0 bridgehead atoms. The Balaban J connectivity index is 3.58. The van der Waals surface area contributed by atoms with Gasteiger partial charge in [0.15, 0.2) is 0 Å². The van der Waals surface area contributed by atoms with Gasteiger partial charge in [0.25, 0.3) is 0 Å². The van der Waals surface area contributed by atoms with Crippen molar-refractivity contribution in [3.8, 4) is 0 Å². The summed E-state index contributed by atoms with van der Waals surface area (Å²) in [6.07, 6.45) is 1.65. The molecule has 0 rings (SSSR count). The fraction of sp³-hybridized carbons (Fsp3) is 0.364. The van der Waals surface area contributed by atoms with Crippen LogP contribution in [0, 0.1) is 0 Å². The average molecular weight is 196 g/mol. The van der Waals surface area contributed by atoms with Gasteiger partial charge < -0.3 is 9.47 Å². The van der Waals surface area contributed by atoms with E-state index in [1.807, 2.05) is 0 Å². The van der Waals surface area contributed by atoms with E-state index in [9.17, 15) is 4.79 Å². The van der Waals surface area contributed by atoms with Crippen LogP contribution in [0.1, 0.15) is 6.92 Å². The van der Waals surface area contributed by atoms with Gasteiger partial charge in [0, 0.05) is 5.57 Å². The Morgan fingerprint density at radius 2 is 2.00 bits per heavy atom. The van der Waals surface area contributed by atoms with Crippen molar-refractivity contribution in [1.82, 2.24) is 0 Å². The lowest BCUT2D eigenvalue weighted by Gasteiger charge is -2.06. The average Bonchev–Trinajstić information content (AvgIpc) is 2.14. The summed E-state index contributed by atoms with van der Waals surface area (Å²) in [5.74, 6) is -0.408. The van der Waals surface area contributed by atoms with Crippen molar-refractivity contribution < 1.29 is 14.3 Å². The highest BCUT2D eigenvalue weighted by molar-refractivity contribution is 5.87. The van der Waals surface area contributed by atoms with E-state index in [0.29, 0.717) is 24.4 Å². The molecule has 0 aliphatic heterocycles. The maximum absolute atomic E-state index is 11.0. The highest BCUT2D eigenvalue weighted by atomic mass is 16.5.